The van der Waals surface area contributed by atoms with E-state index in [1.165, 1.54) is 76.5 Å². The Morgan fingerprint density at radius 1 is 0.281 bits per heavy atom. The van der Waals surface area contributed by atoms with E-state index in [-0.39, 0.29) is 0 Å². The van der Waals surface area contributed by atoms with Crippen molar-refractivity contribution in [3.8, 4) is 22.3 Å². The molecule has 0 bridgehead atoms. The second-order valence-corrected chi connectivity index (χ2v) is 18.5. The Morgan fingerprint density at radius 2 is 0.656 bits per heavy atom. The number of benzene rings is 11. The van der Waals surface area contributed by atoms with Gasteiger partial charge in [0.15, 0.2) is 0 Å². The molecule has 0 fully saturated rings. The topological polar surface area (TPSA) is 6.48 Å². The first-order chi connectivity index (χ1) is 31.3. The van der Waals surface area contributed by atoms with Crippen LogP contribution in [-0.2, 0) is 0 Å². The van der Waals surface area contributed by atoms with E-state index in [0.29, 0.717) is 0 Å². The van der Waals surface area contributed by atoms with E-state index >= 15 is 0 Å². The van der Waals surface area contributed by atoms with Crippen molar-refractivity contribution in [3.63, 3.8) is 0 Å². The number of aryl methyl sites for hydroxylation is 2. The lowest BCUT2D eigenvalue weighted by Gasteiger charge is -2.28. The van der Waals surface area contributed by atoms with Crippen LogP contribution in [0.1, 0.15) is 11.1 Å². The smallest absolute Gasteiger partial charge is 0.0468 e. The Balaban J connectivity index is 1.26. The minimum absolute atomic E-state index is 1.05. The number of rotatable bonds is 8. The van der Waals surface area contributed by atoms with Crippen LogP contribution >= 0.6 is 31.9 Å². The van der Waals surface area contributed by atoms with Gasteiger partial charge in [-0.3, -0.25) is 0 Å². The molecule has 11 rings (SSSR count). The van der Waals surface area contributed by atoms with Gasteiger partial charge in [-0.25, -0.2) is 0 Å². The number of fused-ring (bicyclic) bond motifs is 4. The van der Waals surface area contributed by atoms with Crippen molar-refractivity contribution >= 4 is 109 Å². The second kappa shape index (κ2) is 16.6. The molecule has 11 aromatic carbocycles. The maximum Gasteiger partial charge on any atom is 0.0468 e. The van der Waals surface area contributed by atoms with Gasteiger partial charge < -0.3 is 9.80 Å². The standard InChI is InChI=1S/C60H42Br2N2/c1-39-9-7-15-51(33-39)63(49-25-21-47(61)22-26-49)53-29-31-55-57(37-53)59(45-19-17-41-11-3-5-13-43(41)35-45)56-32-30-54(38-58(56)60(55)46-20-18-42-12-4-6-14-44(42)36-46)64(50-27-23-48(62)24-28-50)52-16-8-10-40(2)34-52/h3-38H,1-2H3. The van der Waals surface area contributed by atoms with E-state index in [2.05, 4.69) is 274 Å². The van der Waals surface area contributed by atoms with Crippen LogP contribution in [0.15, 0.2) is 227 Å². The highest BCUT2D eigenvalue weighted by atomic mass is 79.9. The second-order valence-electron chi connectivity index (χ2n) is 16.6. The fourth-order valence-electron chi connectivity index (χ4n) is 9.40. The highest BCUT2D eigenvalue weighted by Gasteiger charge is 2.23. The van der Waals surface area contributed by atoms with Gasteiger partial charge >= 0.3 is 0 Å². The molecule has 0 unspecified atom stereocenters. The van der Waals surface area contributed by atoms with Crippen molar-refractivity contribution in [2.45, 2.75) is 13.8 Å². The van der Waals surface area contributed by atoms with Crippen molar-refractivity contribution in [2.24, 2.45) is 0 Å². The number of hydrogen-bond acceptors (Lipinski definition) is 2. The summed E-state index contributed by atoms with van der Waals surface area (Å²) in [4.78, 5) is 4.76. The molecule has 4 heteroatoms. The first kappa shape index (κ1) is 39.8. The highest BCUT2D eigenvalue weighted by Crippen LogP contribution is 2.49. The first-order valence-corrected chi connectivity index (χ1v) is 23.2. The Bertz CT molecular complexity index is 3320. The number of anilines is 6. The zero-order valence-electron chi connectivity index (χ0n) is 35.4. The largest absolute Gasteiger partial charge is 0.310 e. The van der Waals surface area contributed by atoms with E-state index in [4.69, 9.17) is 0 Å². The number of nitrogens with zero attached hydrogens (tertiary/aromatic N) is 2. The SMILES string of the molecule is Cc1cccc(N(c2ccc(Br)cc2)c2ccc3c(-c4ccc5ccccc5c4)c4cc(N(c5ccc(Br)cc5)c5cccc(C)c5)ccc4c(-c4ccc5ccccc5c4)c3c2)c1. The Kier molecular flexibility index (Phi) is 10.3. The predicted molar refractivity (Wildman–Crippen MR) is 282 cm³/mol. The molecule has 0 saturated carbocycles. The van der Waals surface area contributed by atoms with Gasteiger partial charge in [0.1, 0.15) is 0 Å². The van der Waals surface area contributed by atoms with Crippen molar-refractivity contribution < 1.29 is 0 Å². The number of halogens is 2. The zero-order chi connectivity index (χ0) is 43.3. The molecular formula is C60H42Br2N2. The summed E-state index contributed by atoms with van der Waals surface area (Å²) in [5.41, 5.74) is 13.8. The van der Waals surface area contributed by atoms with Crippen LogP contribution < -0.4 is 9.80 Å². The summed E-state index contributed by atoms with van der Waals surface area (Å²) in [5.74, 6) is 0. The molecule has 306 valence electrons. The predicted octanol–water partition coefficient (Wildman–Crippen LogP) is 18.7. The third-order valence-electron chi connectivity index (χ3n) is 12.4. The molecule has 0 radical (unpaired) electrons. The maximum absolute atomic E-state index is 3.69. The molecule has 0 heterocycles. The fraction of sp³-hybridized carbons (Fsp3) is 0.0333. The van der Waals surface area contributed by atoms with Crippen LogP contribution in [0.3, 0.4) is 0 Å². The van der Waals surface area contributed by atoms with E-state index in [0.717, 1.165) is 43.1 Å². The van der Waals surface area contributed by atoms with Crippen molar-refractivity contribution in [1.29, 1.82) is 0 Å². The van der Waals surface area contributed by atoms with Crippen LogP contribution in [0.4, 0.5) is 34.1 Å². The van der Waals surface area contributed by atoms with Crippen LogP contribution in [0.5, 0.6) is 0 Å². The molecule has 64 heavy (non-hydrogen) atoms. The zero-order valence-corrected chi connectivity index (χ0v) is 38.6. The molecule has 0 aliphatic heterocycles. The van der Waals surface area contributed by atoms with Crippen LogP contribution in [0, 0.1) is 13.8 Å². The van der Waals surface area contributed by atoms with E-state index < -0.39 is 0 Å². The van der Waals surface area contributed by atoms with Gasteiger partial charge in [0.25, 0.3) is 0 Å². The molecule has 2 nitrogen and oxygen atoms in total. The summed E-state index contributed by atoms with van der Waals surface area (Å²) in [5, 5.41) is 9.63. The lowest BCUT2D eigenvalue weighted by atomic mass is 9.84. The molecule has 0 aromatic heterocycles. The minimum Gasteiger partial charge on any atom is -0.310 e. The first-order valence-electron chi connectivity index (χ1n) is 21.6. The van der Waals surface area contributed by atoms with Crippen LogP contribution in [0.25, 0.3) is 65.3 Å². The van der Waals surface area contributed by atoms with Crippen LogP contribution in [0.2, 0.25) is 0 Å². The summed E-state index contributed by atoms with van der Waals surface area (Å²) in [6.07, 6.45) is 0. The van der Waals surface area contributed by atoms with E-state index in [9.17, 15) is 0 Å². The molecule has 0 amide bonds. The molecule has 11 aromatic rings. The summed E-state index contributed by atoms with van der Waals surface area (Å²) < 4.78 is 2.09. The van der Waals surface area contributed by atoms with Crippen molar-refractivity contribution in [2.75, 3.05) is 9.80 Å². The molecule has 0 aliphatic rings. The molecule has 0 atom stereocenters. The molecular weight excluding hydrogens is 908 g/mol. The average Bonchev–Trinajstić information content (AvgIpc) is 3.32. The molecule has 0 spiro atoms. The third-order valence-corrected chi connectivity index (χ3v) is 13.4. The summed E-state index contributed by atoms with van der Waals surface area (Å²) in [6.45, 7) is 4.32. The Hall–Kier alpha value is -6.98. The van der Waals surface area contributed by atoms with Crippen molar-refractivity contribution in [1.82, 2.24) is 0 Å². The number of hydrogen-bond donors (Lipinski definition) is 0. The average molecular weight is 951 g/mol. The monoisotopic (exact) mass is 948 g/mol. The van der Waals surface area contributed by atoms with Gasteiger partial charge in [0.2, 0.25) is 0 Å². The quantitative estimate of drug-likeness (QED) is 0.140. The molecule has 0 N–H and O–H groups in total. The van der Waals surface area contributed by atoms with Gasteiger partial charge in [-0.1, -0.05) is 141 Å². The van der Waals surface area contributed by atoms with Gasteiger partial charge in [-0.05, 0) is 200 Å². The van der Waals surface area contributed by atoms with Gasteiger partial charge in [-0.15, -0.1) is 0 Å². The highest BCUT2D eigenvalue weighted by molar-refractivity contribution is 9.10. The molecule has 0 aliphatic carbocycles. The normalized spacial score (nSPS) is 11.4. The maximum atomic E-state index is 3.69. The summed E-state index contributed by atoms with van der Waals surface area (Å²) >= 11 is 7.39. The lowest BCUT2D eigenvalue weighted by molar-refractivity contribution is 1.27. The van der Waals surface area contributed by atoms with E-state index in [1.807, 2.05) is 0 Å². The molecule has 0 saturated heterocycles. The minimum atomic E-state index is 1.05. The van der Waals surface area contributed by atoms with Crippen LogP contribution in [-0.4, -0.2) is 0 Å². The van der Waals surface area contributed by atoms with Gasteiger partial charge in [0, 0.05) is 43.1 Å². The van der Waals surface area contributed by atoms with Gasteiger partial charge in [-0.2, -0.15) is 0 Å². The Morgan fingerprint density at radius 3 is 1.06 bits per heavy atom. The Labute approximate surface area is 390 Å². The summed E-state index contributed by atoms with van der Waals surface area (Å²) in [6, 6.07) is 80.2. The van der Waals surface area contributed by atoms with Gasteiger partial charge in [0.05, 0.1) is 0 Å². The van der Waals surface area contributed by atoms with Crippen molar-refractivity contribution in [3.05, 3.63) is 238 Å². The third kappa shape index (κ3) is 7.43. The van der Waals surface area contributed by atoms with E-state index in [1.54, 1.807) is 0 Å². The summed E-state index contributed by atoms with van der Waals surface area (Å²) in [7, 11) is 0. The lowest BCUT2D eigenvalue weighted by Crippen LogP contribution is -2.10. The fourth-order valence-corrected chi connectivity index (χ4v) is 9.93.